The van der Waals surface area contributed by atoms with Crippen LogP contribution < -0.4 is 0 Å². The highest BCUT2D eigenvalue weighted by molar-refractivity contribution is 5.70. The van der Waals surface area contributed by atoms with Gasteiger partial charge in [0.25, 0.3) is 0 Å². The monoisotopic (exact) mass is 339 g/mol. The van der Waals surface area contributed by atoms with Gasteiger partial charge in [0, 0.05) is 0 Å². The first-order valence-corrected chi connectivity index (χ1v) is 8.40. The first-order valence-electron chi connectivity index (χ1n) is 8.40. The first-order chi connectivity index (χ1) is 12.9. The average Bonchev–Trinajstić information content (AvgIpc) is 3.21. The predicted molar refractivity (Wildman–Crippen MR) is 100 cm³/mol. The molecular formula is C22H17N3O. The van der Waals surface area contributed by atoms with E-state index in [0.29, 0.717) is 5.69 Å². The molecule has 0 aliphatic heterocycles. The van der Waals surface area contributed by atoms with Crippen LogP contribution in [0.5, 0.6) is 0 Å². The Bertz CT molecular complexity index is 899. The number of aldehydes is 1. The molecule has 0 N–H and O–H groups in total. The van der Waals surface area contributed by atoms with Crippen molar-refractivity contribution in [3.05, 3.63) is 120 Å². The van der Waals surface area contributed by atoms with Crippen molar-refractivity contribution in [2.45, 2.75) is 5.54 Å². The van der Waals surface area contributed by atoms with Gasteiger partial charge in [-0.3, -0.25) is 4.79 Å². The fraction of sp³-hybridized carbons (Fsp3) is 0.0455. The highest BCUT2D eigenvalue weighted by Gasteiger charge is 2.39. The third-order valence-electron chi connectivity index (χ3n) is 4.55. The van der Waals surface area contributed by atoms with Crippen molar-refractivity contribution in [1.29, 1.82) is 0 Å². The van der Waals surface area contributed by atoms with Crippen molar-refractivity contribution >= 4 is 6.29 Å². The quantitative estimate of drug-likeness (QED) is 0.409. The van der Waals surface area contributed by atoms with E-state index in [1.54, 1.807) is 10.9 Å². The van der Waals surface area contributed by atoms with Gasteiger partial charge < -0.3 is 0 Å². The van der Waals surface area contributed by atoms with Gasteiger partial charge in [0.2, 0.25) is 0 Å². The maximum atomic E-state index is 11.2. The van der Waals surface area contributed by atoms with Gasteiger partial charge in [0.15, 0.2) is 6.29 Å². The molecule has 3 aromatic carbocycles. The predicted octanol–water partition coefficient (Wildman–Crippen LogP) is 3.93. The highest BCUT2D eigenvalue weighted by atomic mass is 16.1. The minimum Gasteiger partial charge on any atom is -0.296 e. The average molecular weight is 339 g/mol. The molecule has 4 rings (SSSR count). The molecule has 0 bridgehead atoms. The molecule has 0 amide bonds. The summed E-state index contributed by atoms with van der Waals surface area (Å²) in [5, 5.41) is 8.35. The molecule has 0 aliphatic carbocycles. The summed E-state index contributed by atoms with van der Waals surface area (Å²) in [6, 6.07) is 30.4. The van der Waals surface area contributed by atoms with Crippen LogP contribution >= 0.6 is 0 Å². The Labute approximate surface area is 151 Å². The third kappa shape index (κ3) is 2.52. The largest absolute Gasteiger partial charge is 0.296 e. The molecule has 0 spiro atoms. The van der Waals surface area contributed by atoms with Gasteiger partial charge in [-0.15, -0.1) is 5.10 Å². The standard InChI is InChI=1S/C22H17N3O/c26-17-21-16-25(24-23-21)22(18-10-4-1-5-11-18,19-12-6-2-7-13-19)20-14-8-3-9-15-20/h1-17H. The van der Waals surface area contributed by atoms with Crippen molar-refractivity contribution in [3.8, 4) is 0 Å². The number of nitrogens with zero attached hydrogens (tertiary/aromatic N) is 3. The maximum Gasteiger partial charge on any atom is 0.171 e. The topological polar surface area (TPSA) is 47.8 Å². The molecule has 0 radical (unpaired) electrons. The summed E-state index contributed by atoms with van der Waals surface area (Å²) in [7, 11) is 0. The zero-order chi connectivity index (χ0) is 17.8. The van der Waals surface area contributed by atoms with Crippen LogP contribution in [0.3, 0.4) is 0 Å². The molecule has 4 nitrogen and oxygen atoms in total. The number of benzene rings is 3. The molecule has 4 heteroatoms. The molecule has 0 atom stereocenters. The molecule has 0 unspecified atom stereocenters. The minimum absolute atomic E-state index is 0.303. The van der Waals surface area contributed by atoms with Crippen molar-refractivity contribution in [2.75, 3.05) is 0 Å². The molecule has 126 valence electrons. The van der Waals surface area contributed by atoms with Crippen LogP contribution in [0.2, 0.25) is 0 Å². The van der Waals surface area contributed by atoms with Gasteiger partial charge in [0.05, 0.1) is 6.20 Å². The summed E-state index contributed by atoms with van der Waals surface area (Å²) in [4.78, 5) is 11.2. The van der Waals surface area contributed by atoms with Crippen LogP contribution in [0.15, 0.2) is 97.2 Å². The van der Waals surface area contributed by atoms with Crippen LogP contribution in [0.1, 0.15) is 27.2 Å². The lowest BCUT2D eigenvalue weighted by Crippen LogP contribution is -2.38. The molecule has 4 aromatic rings. The van der Waals surface area contributed by atoms with Gasteiger partial charge in [-0.2, -0.15) is 0 Å². The van der Waals surface area contributed by atoms with Crippen molar-refractivity contribution in [1.82, 2.24) is 15.0 Å². The Morgan fingerprint density at radius 3 is 1.46 bits per heavy atom. The number of hydrogen-bond acceptors (Lipinski definition) is 3. The third-order valence-corrected chi connectivity index (χ3v) is 4.55. The Morgan fingerprint density at radius 2 is 1.12 bits per heavy atom. The van der Waals surface area contributed by atoms with Gasteiger partial charge in [-0.05, 0) is 16.7 Å². The Balaban J connectivity index is 2.12. The molecule has 0 aliphatic rings. The zero-order valence-electron chi connectivity index (χ0n) is 14.1. The van der Waals surface area contributed by atoms with Crippen molar-refractivity contribution in [2.24, 2.45) is 0 Å². The molecule has 0 saturated heterocycles. The van der Waals surface area contributed by atoms with Crippen LogP contribution in [0.25, 0.3) is 0 Å². The Morgan fingerprint density at radius 1 is 0.692 bits per heavy atom. The number of hydrogen-bond donors (Lipinski definition) is 0. The van der Waals surface area contributed by atoms with Crippen LogP contribution in [-0.4, -0.2) is 21.3 Å². The maximum absolute atomic E-state index is 11.2. The number of aromatic nitrogens is 3. The summed E-state index contributed by atoms with van der Waals surface area (Å²) in [6.45, 7) is 0. The molecule has 1 aromatic heterocycles. The number of carbonyl (C=O) groups excluding carboxylic acids is 1. The summed E-state index contributed by atoms with van der Waals surface area (Å²) in [5.74, 6) is 0. The molecule has 0 fully saturated rings. The van der Waals surface area contributed by atoms with E-state index in [-0.39, 0.29) is 0 Å². The summed E-state index contributed by atoms with van der Waals surface area (Å²) < 4.78 is 1.77. The Kier molecular flexibility index (Phi) is 4.15. The number of rotatable bonds is 5. The van der Waals surface area contributed by atoms with E-state index in [2.05, 4.69) is 46.7 Å². The van der Waals surface area contributed by atoms with Crippen LogP contribution in [0, 0.1) is 0 Å². The van der Waals surface area contributed by atoms with Crippen LogP contribution in [0.4, 0.5) is 0 Å². The lowest BCUT2D eigenvalue weighted by Gasteiger charge is -2.35. The first kappa shape index (κ1) is 16.0. The van der Waals surface area contributed by atoms with Gasteiger partial charge in [-0.1, -0.05) is 96.2 Å². The fourth-order valence-corrected chi connectivity index (χ4v) is 3.43. The minimum atomic E-state index is -0.724. The second kappa shape index (κ2) is 6.76. The van der Waals surface area contributed by atoms with E-state index in [4.69, 9.17) is 0 Å². The van der Waals surface area contributed by atoms with E-state index in [9.17, 15) is 4.79 Å². The normalized spacial score (nSPS) is 11.2. The van der Waals surface area contributed by atoms with E-state index in [1.165, 1.54) is 0 Å². The second-order valence-corrected chi connectivity index (χ2v) is 6.01. The summed E-state index contributed by atoms with van der Waals surface area (Å²) in [6.07, 6.45) is 2.41. The molecule has 1 heterocycles. The summed E-state index contributed by atoms with van der Waals surface area (Å²) in [5.41, 5.74) is 2.70. The van der Waals surface area contributed by atoms with Crippen molar-refractivity contribution < 1.29 is 4.79 Å². The number of carbonyl (C=O) groups is 1. The van der Waals surface area contributed by atoms with Crippen LogP contribution in [-0.2, 0) is 5.54 Å². The van der Waals surface area contributed by atoms with E-state index in [1.807, 2.05) is 54.6 Å². The van der Waals surface area contributed by atoms with E-state index < -0.39 is 5.54 Å². The molecule has 0 saturated carbocycles. The zero-order valence-corrected chi connectivity index (χ0v) is 14.1. The van der Waals surface area contributed by atoms with Crippen molar-refractivity contribution in [3.63, 3.8) is 0 Å². The summed E-state index contributed by atoms with van der Waals surface area (Å²) >= 11 is 0. The smallest absolute Gasteiger partial charge is 0.171 e. The lowest BCUT2D eigenvalue weighted by molar-refractivity contribution is 0.111. The second-order valence-electron chi connectivity index (χ2n) is 6.01. The lowest BCUT2D eigenvalue weighted by atomic mass is 9.77. The SMILES string of the molecule is O=Cc1cn(C(c2ccccc2)(c2ccccc2)c2ccccc2)nn1. The van der Waals surface area contributed by atoms with Gasteiger partial charge in [-0.25, -0.2) is 4.68 Å². The van der Waals surface area contributed by atoms with Gasteiger partial charge >= 0.3 is 0 Å². The Hall–Kier alpha value is -3.53. The molecule has 26 heavy (non-hydrogen) atoms. The van der Waals surface area contributed by atoms with Gasteiger partial charge in [0.1, 0.15) is 11.2 Å². The highest BCUT2D eigenvalue weighted by Crippen LogP contribution is 2.39. The van der Waals surface area contributed by atoms with E-state index in [0.717, 1.165) is 23.0 Å². The molecular weight excluding hydrogens is 322 g/mol. The van der Waals surface area contributed by atoms with E-state index >= 15 is 0 Å². The fourth-order valence-electron chi connectivity index (χ4n) is 3.43.